The maximum Gasteiger partial charge on any atom is 0.272 e. The van der Waals surface area contributed by atoms with E-state index in [9.17, 15) is 8.42 Å². The molecule has 0 aliphatic rings. The standard InChI is InChI=1S/C9H14O3S2/c1-2-3-4-9(14(10,11)12)8-5-6-13-7-8/h5-7,9H,2-4H2,1H3,(H,10,11,12). The van der Waals surface area contributed by atoms with Gasteiger partial charge < -0.3 is 0 Å². The van der Waals surface area contributed by atoms with Crippen LogP contribution < -0.4 is 0 Å². The summed E-state index contributed by atoms with van der Waals surface area (Å²) >= 11 is 1.44. The van der Waals surface area contributed by atoms with Crippen LogP contribution in [0.4, 0.5) is 0 Å². The Labute approximate surface area is 88.5 Å². The van der Waals surface area contributed by atoms with Crippen LogP contribution in [-0.4, -0.2) is 13.0 Å². The zero-order valence-electron chi connectivity index (χ0n) is 8.01. The van der Waals surface area contributed by atoms with Crippen molar-refractivity contribution in [2.24, 2.45) is 0 Å². The summed E-state index contributed by atoms with van der Waals surface area (Å²) in [5.41, 5.74) is 0.700. The Balaban J connectivity index is 2.84. The molecule has 1 heterocycles. The zero-order valence-corrected chi connectivity index (χ0v) is 9.64. The van der Waals surface area contributed by atoms with Gasteiger partial charge in [-0.3, -0.25) is 4.55 Å². The highest BCUT2D eigenvalue weighted by Crippen LogP contribution is 2.28. The van der Waals surface area contributed by atoms with Gasteiger partial charge in [-0.1, -0.05) is 19.8 Å². The molecule has 14 heavy (non-hydrogen) atoms. The lowest BCUT2D eigenvalue weighted by atomic mass is 10.1. The van der Waals surface area contributed by atoms with Crippen LogP contribution in [-0.2, 0) is 10.1 Å². The molecule has 0 saturated heterocycles. The normalized spacial score (nSPS) is 14.1. The van der Waals surface area contributed by atoms with Gasteiger partial charge in [-0.2, -0.15) is 19.8 Å². The lowest BCUT2D eigenvalue weighted by molar-refractivity contribution is 0.461. The summed E-state index contributed by atoms with van der Waals surface area (Å²) in [6.45, 7) is 1.99. The molecule has 0 bridgehead atoms. The average molecular weight is 234 g/mol. The molecule has 0 aliphatic heterocycles. The van der Waals surface area contributed by atoms with Crippen LogP contribution in [0.5, 0.6) is 0 Å². The minimum absolute atomic E-state index is 0.492. The third kappa shape index (κ3) is 3.08. The smallest absolute Gasteiger partial charge is 0.272 e. The van der Waals surface area contributed by atoms with E-state index >= 15 is 0 Å². The summed E-state index contributed by atoms with van der Waals surface area (Å²) in [5, 5.41) is 2.85. The van der Waals surface area contributed by atoms with Gasteiger partial charge in [0.25, 0.3) is 10.1 Å². The van der Waals surface area contributed by atoms with Crippen LogP contribution in [0.25, 0.3) is 0 Å². The number of hydrogen-bond acceptors (Lipinski definition) is 3. The molecule has 0 fully saturated rings. The topological polar surface area (TPSA) is 54.4 Å². The van der Waals surface area contributed by atoms with E-state index in [0.29, 0.717) is 12.0 Å². The van der Waals surface area contributed by atoms with Gasteiger partial charge >= 0.3 is 0 Å². The predicted octanol–water partition coefficient (Wildman–Crippen LogP) is 2.87. The van der Waals surface area contributed by atoms with Gasteiger partial charge in [-0.15, -0.1) is 0 Å². The first-order chi connectivity index (χ1) is 6.55. The minimum atomic E-state index is -3.95. The molecule has 5 heteroatoms. The highest BCUT2D eigenvalue weighted by molar-refractivity contribution is 7.86. The van der Waals surface area contributed by atoms with E-state index in [1.807, 2.05) is 12.3 Å². The Morgan fingerprint density at radius 3 is 2.71 bits per heavy atom. The van der Waals surface area contributed by atoms with Crippen molar-refractivity contribution in [2.75, 3.05) is 0 Å². The maximum absolute atomic E-state index is 11.1. The maximum atomic E-state index is 11.1. The average Bonchev–Trinajstić information content (AvgIpc) is 2.55. The molecule has 0 aliphatic carbocycles. The first kappa shape index (κ1) is 11.7. The van der Waals surface area contributed by atoms with Crippen LogP contribution in [0.1, 0.15) is 37.0 Å². The first-order valence-electron chi connectivity index (χ1n) is 4.54. The summed E-state index contributed by atoms with van der Waals surface area (Å²) in [6.07, 6.45) is 2.22. The Kier molecular flexibility index (Phi) is 4.10. The van der Waals surface area contributed by atoms with Gasteiger partial charge in [0.15, 0.2) is 0 Å². The van der Waals surface area contributed by atoms with Gasteiger partial charge in [-0.25, -0.2) is 0 Å². The molecule has 0 amide bonds. The van der Waals surface area contributed by atoms with Crippen molar-refractivity contribution >= 4 is 21.5 Å². The molecule has 80 valence electrons. The van der Waals surface area contributed by atoms with E-state index in [1.165, 1.54) is 11.3 Å². The quantitative estimate of drug-likeness (QED) is 0.797. The molecule has 1 unspecified atom stereocenters. The molecule has 1 atom stereocenters. The van der Waals surface area contributed by atoms with Crippen LogP contribution in [0.3, 0.4) is 0 Å². The van der Waals surface area contributed by atoms with Crippen LogP contribution in [0, 0.1) is 0 Å². The fourth-order valence-corrected chi connectivity index (χ4v) is 3.09. The molecule has 1 N–H and O–H groups in total. The van der Waals surface area contributed by atoms with Crippen LogP contribution in [0.2, 0.25) is 0 Å². The second kappa shape index (κ2) is 4.91. The Morgan fingerprint density at radius 2 is 2.29 bits per heavy atom. The minimum Gasteiger partial charge on any atom is -0.285 e. The molecular formula is C9H14O3S2. The van der Waals surface area contributed by atoms with Crippen molar-refractivity contribution in [3.8, 4) is 0 Å². The molecular weight excluding hydrogens is 220 g/mol. The first-order valence-corrected chi connectivity index (χ1v) is 6.98. The summed E-state index contributed by atoms with van der Waals surface area (Å²) in [7, 11) is -3.95. The Hall–Kier alpha value is -0.390. The van der Waals surface area contributed by atoms with E-state index in [-0.39, 0.29) is 0 Å². The molecule has 0 aromatic carbocycles. The third-order valence-corrected chi connectivity index (χ3v) is 4.02. The second-order valence-electron chi connectivity index (χ2n) is 3.20. The van der Waals surface area contributed by atoms with Crippen molar-refractivity contribution in [2.45, 2.75) is 31.4 Å². The van der Waals surface area contributed by atoms with Gasteiger partial charge in [0.1, 0.15) is 5.25 Å². The SMILES string of the molecule is CCCCC(c1ccsc1)S(=O)(=O)O. The highest BCUT2D eigenvalue weighted by atomic mass is 32.2. The molecule has 1 rings (SSSR count). The number of rotatable bonds is 5. The van der Waals surface area contributed by atoms with Gasteiger partial charge in [0, 0.05) is 0 Å². The van der Waals surface area contributed by atoms with E-state index in [1.54, 1.807) is 11.4 Å². The fraction of sp³-hybridized carbons (Fsp3) is 0.556. The summed E-state index contributed by atoms with van der Waals surface area (Å²) in [4.78, 5) is 0. The number of unbranched alkanes of at least 4 members (excludes halogenated alkanes) is 1. The summed E-state index contributed by atoms with van der Waals surface area (Å²) in [6, 6.07) is 1.75. The molecule has 0 spiro atoms. The van der Waals surface area contributed by atoms with Crippen LogP contribution >= 0.6 is 11.3 Å². The van der Waals surface area contributed by atoms with Crippen molar-refractivity contribution in [3.63, 3.8) is 0 Å². The van der Waals surface area contributed by atoms with E-state index in [2.05, 4.69) is 0 Å². The molecule has 1 aromatic rings. The monoisotopic (exact) mass is 234 g/mol. The molecule has 1 aromatic heterocycles. The predicted molar refractivity (Wildman–Crippen MR) is 58.1 cm³/mol. The van der Waals surface area contributed by atoms with E-state index < -0.39 is 15.4 Å². The lowest BCUT2D eigenvalue weighted by Crippen LogP contribution is -2.11. The van der Waals surface area contributed by atoms with Crippen molar-refractivity contribution < 1.29 is 13.0 Å². The molecule has 0 saturated carbocycles. The largest absolute Gasteiger partial charge is 0.285 e. The van der Waals surface area contributed by atoms with Crippen molar-refractivity contribution in [3.05, 3.63) is 22.4 Å². The van der Waals surface area contributed by atoms with Crippen molar-refractivity contribution in [1.29, 1.82) is 0 Å². The van der Waals surface area contributed by atoms with Gasteiger partial charge in [0.05, 0.1) is 0 Å². The third-order valence-electron chi connectivity index (χ3n) is 2.09. The number of hydrogen-bond donors (Lipinski definition) is 1. The zero-order chi connectivity index (χ0) is 10.6. The molecule has 3 nitrogen and oxygen atoms in total. The fourth-order valence-electron chi connectivity index (χ4n) is 1.34. The second-order valence-corrected chi connectivity index (χ2v) is 5.58. The van der Waals surface area contributed by atoms with Crippen molar-refractivity contribution in [1.82, 2.24) is 0 Å². The summed E-state index contributed by atoms with van der Waals surface area (Å²) in [5.74, 6) is 0. The molecule has 0 radical (unpaired) electrons. The van der Waals surface area contributed by atoms with E-state index in [0.717, 1.165) is 12.8 Å². The number of thiophene rings is 1. The Bertz CT molecular complexity index is 353. The Morgan fingerprint density at radius 1 is 1.57 bits per heavy atom. The highest BCUT2D eigenvalue weighted by Gasteiger charge is 2.24. The van der Waals surface area contributed by atoms with Gasteiger partial charge in [0.2, 0.25) is 0 Å². The van der Waals surface area contributed by atoms with Crippen LogP contribution in [0.15, 0.2) is 16.8 Å². The van der Waals surface area contributed by atoms with Gasteiger partial charge in [-0.05, 0) is 28.8 Å². The van der Waals surface area contributed by atoms with E-state index in [4.69, 9.17) is 4.55 Å². The summed E-state index contributed by atoms with van der Waals surface area (Å²) < 4.78 is 31.2. The lowest BCUT2D eigenvalue weighted by Gasteiger charge is -2.11.